The molecule has 1 aromatic heterocycles. The monoisotopic (exact) mass is 379 g/mol. The molecule has 1 N–H and O–H groups in total. The van der Waals surface area contributed by atoms with Crippen molar-refractivity contribution in [3.8, 4) is 0 Å². The van der Waals surface area contributed by atoms with Gasteiger partial charge in [-0.05, 0) is 24.4 Å². The highest BCUT2D eigenvalue weighted by atomic mass is 35.5. The number of carbonyl (C=O) groups excluding carboxylic acids is 2. The Morgan fingerprint density at radius 3 is 2.65 bits per heavy atom. The number of nitrogens with zero attached hydrogens (tertiary/aromatic N) is 2. The minimum Gasteiger partial charge on any atom is -0.383 e. The molecule has 1 aliphatic rings. The predicted octanol–water partition coefficient (Wildman–Crippen LogP) is 2.60. The van der Waals surface area contributed by atoms with E-state index in [2.05, 4.69) is 9.69 Å². The first-order chi connectivity index (χ1) is 11.0. The third kappa shape index (κ3) is 5.04. The molecule has 0 atom stereocenters. The van der Waals surface area contributed by atoms with E-state index in [4.69, 9.17) is 27.9 Å². The molecule has 2 amide bonds. The first-order valence-electron chi connectivity index (χ1n) is 7.41. The Bertz CT molecular complexity index is 561. The predicted molar refractivity (Wildman–Crippen MR) is 90.3 cm³/mol. The number of aromatic nitrogens is 1. The molecule has 0 aromatic carbocycles. The molecule has 0 spiro atoms. The Morgan fingerprint density at radius 2 is 2.09 bits per heavy atom. The summed E-state index contributed by atoms with van der Waals surface area (Å²) < 4.78 is 9.24. The van der Waals surface area contributed by atoms with Crippen LogP contribution in [0.15, 0.2) is 0 Å². The fourth-order valence-electron chi connectivity index (χ4n) is 2.51. The first kappa shape index (κ1) is 18.4. The largest absolute Gasteiger partial charge is 0.383 e. The number of hydrogen-bond acceptors (Lipinski definition) is 5. The van der Waals surface area contributed by atoms with Crippen molar-refractivity contribution >= 4 is 46.5 Å². The summed E-state index contributed by atoms with van der Waals surface area (Å²) in [6.45, 7) is 0.543. The molecule has 6 nitrogen and oxygen atoms in total. The zero-order valence-electron chi connectivity index (χ0n) is 12.8. The summed E-state index contributed by atoms with van der Waals surface area (Å²) in [7, 11) is 1.54. The lowest BCUT2D eigenvalue weighted by molar-refractivity contribution is -0.122. The third-order valence-electron chi connectivity index (χ3n) is 3.71. The van der Waals surface area contributed by atoms with Gasteiger partial charge in [0.25, 0.3) is 5.91 Å². The molecular formula is C14H19Cl2N3O3S. The van der Waals surface area contributed by atoms with Crippen LogP contribution in [0.4, 0.5) is 0 Å². The Kier molecular flexibility index (Phi) is 7.08. The van der Waals surface area contributed by atoms with Gasteiger partial charge < -0.3 is 15.0 Å². The smallest absolute Gasteiger partial charge is 0.275 e. The molecule has 9 heteroatoms. The van der Waals surface area contributed by atoms with Crippen molar-refractivity contribution in [2.75, 3.05) is 26.8 Å². The van der Waals surface area contributed by atoms with E-state index in [1.807, 2.05) is 0 Å². The van der Waals surface area contributed by atoms with Crippen molar-refractivity contribution in [3.05, 3.63) is 15.1 Å². The van der Waals surface area contributed by atoms with Crippen molar-refractivity contribution in [1.29, 1.82) is 0 Å². The lowest BCUT2D eigenvalue weighted by Crippen LogP contribution is -2.44. The van der Waals surface area contributed by atoms with Crippen molar-refractivity contribution in [2.24, 2.45) is 0 Å². The first-order valence-corrected chi connectivity index (χ1v) is 8.94. The standard InChI is InChI=1S/C14H19Cl2N3O3S/c1-22-7-6-19(8-10(20)17-9-4-2-3-5-9)14(21)12-11(15)13(16)23-18-12/h9H,2-8H2,1H3,(H,17,20). The molecular weight excluding hydrogens is 361 g/mol. The second-order valence-electron chi connectivity index (χ2n) is 5.39. The van der Waals surface area contributed by atoms with Gasteiger partial charge in [-0.3, -0.25) is 9.59 Å². The second-order valence-corrected chi connectivity index (χ2v) is 7.14. The van der Waals surface area contributed by atoms with Crippen LogP contribution in [0.2, 0.25) is 9.36 Å². The SMILES string of the molecule is COCCN(CC(=O)NC1CCCC1)C(=O)c1nsc(Cl)c1Cl. The number of nitrogens with one attached hydrogen (secondary N) is 1. The van der Waals surface area contributed by atoms with Crippen molar-refractivity contribution in [2.45, 2.75) is 31.7 Å². The van der Waals surface area contributed by atoms with Crippen LogP contribution in [-0.4, -0.2) is 53.9 Å². The normalized spacial score (nSPS) is 14.9. The maximum Gasteiger partial charge on any atom is 0.275 e. The van der Waals surface area contributed by atoms with Gasteiger partial charge in [-0.2, -0.15) is 4.37 Å². The van der Waals surface area contributed by atoms with Crippen molar-refractivity contribution in [1.82, 2.24) is 14.6 Å². The van der Waals surface area contributed by atoms with E-state index in [9.17, 15) is 9.59 Å². The van der Waals surface area contributed by atoms with E-state index in [0.717, 1.165) is 37.2 Å². The molecule has 128 valence electrons. The van der Waals surface area contributed by atoms with Crippen molar-refractivity contribution in [3.63, 3.8) is 0 Å². The summed E-state index contributed by atoms with van der Waals surface area (Å²) in [5.41, 5.74) is 0.0754. The number of methoxy groups -OCH3 is 1. The van der Waals surface area contributed by atoms with Gasteiger partial charge in [-0.25, -0.2) is 0 Å². The molecule has 0 bridgehead atoms. The van der Waals surface area contributed by atoms with Crippen LogP contribution in [0.3, 0.4) is 0 Å². The van der Waals surface area contributed by atoms with Crippen molar-refractivity contribution < 1.29 is 14.3 Å². The van der Waals surface area contributed by atoms with E-state index in [1.54, 1.807) is 0 Å². The lowest BCUT2D eigenvalue weighted by Gasteiger charge is -2.22. The van der Waals surface area contributed by atoms with Gasteiger partial charge in [0, 0.05) is 19.7 Å². The highest BCUT2D eigenvalue weighted by Crippen LogP contribution is 2.30. The lowest BCUT2D eigenvalue weighted by atomic mass is 10.2. The van der Waals surface area contributed by atoms with Crippen LogP contribution < -0.4 is 5.32 Å². The zero-order chi connectivity index (χ0) is 16.8. The summed E-state index contributed by atoms with van der Waals surface area (Å²) >= 11 is 12.8. The van der Waals surface area contributed by atoms with E-state index >= 15 is 0 Å². The van der Waals surface area contributed by atoms with Crippen LogP contribution in [0.25, 0.3) is 0 Å². The Hall–Kier alpha value is -0.890. The summed E-state index contributed by atoms with van der Waals surface area (Å²) in [4.78, 5) is 26.1. The fraction of sp³-hybridized carbons (Fsp3) is 0.643. The molecule has 1 fully saturated rings. The fourth-order valence-corrected chi connectivity index (χ4v) is 3.50. The van der Waals surface area contributed by atoms with E-state index in [1.165, 1.54) is 12.0 Å². The van der Waals surface area contributed by atoms with Crippen LogP contribution >= 0.6 is 34.7 Å². The molecule has 0 aliphatic heterocycles. The Balaban J connectivity index is 2.01. The van der Waals surface area contributed by atoms with Crippen LogP contribution in [-0.2, 0) is 9.53 Å². The summed E-state index contributed by atoms with van der Waals surface area (Å²) in [5, 5.41) is 3.09. The number of hydrogen-bond donors (Lipinski definition) is 1. The van der Waals surface area contributed by atoms with E-state index in [0.29, 0.717) is 6.61 Å². The number of amides is 2. The highest BCUT2D eigenvalue weighted by molar-refractivity contribution is 7.11. The maximum atomic E-state index is 12.5. The van der Waals surface area contributed by atoms with Gasteiger partial charge in [0.1, 0.15) is 9.36 Å². The topological polar surface area (TPSA) is 71.5 Å². The number of halogens is 2. The maximum absolute atomic E-state index is 12.5. The van der Waals surface area contributed by atoms with Gasteiger partial charge in [0.05, 0.1) is 13.2 Å². The molecule has 1 saturated carbocycles. The number of ether oxygens (including phenoxy) is 1. The van der Waals surface area contributed by atoms with Gasteiger partial charge in [-0.15, -0.1) is 0 Å². The molecule has 23 heavy (non-hydrogen) atoms. The van der Waals surface area contributed by atoms with Gasteiger partial charge >= 0.3 is 0 Å². The summed E-state index contributed by atoms with van der Waals surface area (Å²) in [6.07, 6.45) is 4.24. The summed E-state index contributed by atoms with van der Waals surface area (Å²) in [5.74, 6) is -0.601. The zero-order valence-corrected chi connectivity index (χ0v) is 15.1. The molecule has 0 radical (unpaired) electrons. The van der Waals surface area contributed by atoms with E-state index < -0.39 is 5.91 Å². The average Bonchev–Trinajstić information content (AvgIpc) is 3.14. The molecule has 1 aliphatic carbocycles. The molecule has 1 aromatic rings. The quantitative estimate of drug-likeness (QED) is 0.789. The van der Waals surface area contributed by atoms with Crippen LogP contribution in [0, 0.1) is 0 Å². The Morgan fingerprint density at radius 1 is 1.39 bits per heavy atom. The minimum absolute atomic E-state index is 0.0514. The second kappa shape index (κ2) is 8.82. The number of carbonyl (C=O) groups is 2. The molecule has 0 saturated heterocycles. The average molecular weight is 380 g/mol. The van der Waals surface area contributed by atoms with Crippen LogP contribution in [0.5, 0.6) is 0 Å². The van der Waals surface area contributed by atoms with Gasteiger partial charge in [0.2, 0.25) is 5.91 Å². The third-order valence-corrected chi connectivity index (χ3v) is 5.32. The van der Waals surface area contributed by atoms with Gasteiger partial charge in [-0.1, -0.05) is 36.0 Å². The van der Waals surface area contributed by atoms with Gasteiger partial charge in [0.15, 0.2) is 5.69 Å². The van der Waals surface area contributed by atoms with Crippen LogP contribution in [0.1, 0.15) is 36.2 Å². The molecule has 0 unspecified atom stereocenters. The minimum atomic E-state index is -0.420. The summed E-state index contributed by atoms with van der Waals surface area (Å²) in [6, 6.07) is 0.208. The molecule has 2 rings (SSSR count). The Labute approximate surface area is 149 Å². The molecule has 1 heterocycles. The number of rotatable bonds is 7. The highest BCUT2D eigenvalue weighted by Gasteiger charge is 2.26. The van der Waals surface area contributed by atoms with E-state index in [-0.39, 0.29) is 40.1 Å².